The molecule has 2 N–H and O–H groups in total. The van der Waals surface area contributed by atoms with Crippen LogP contribution in [0, 0.1) is 0 Å². The molecule has 146 valence electrons. The zero-order chi connectivity index (χ0) is 18.5. The van der Waals surface area contributed by atoms with E-state index < -0.39 is 0 Å². The summed E-state index contributed by atoms with van der Waals surface area (Å²) in [6, 6.07) is 14.5. The van der Waals surface area contributed by atoms with Crippen LogP contribution in [0.5, 0.6) is 0 Å². The van der Waals surface area contributed by atoms with Crippen LogP contribution in [0.3, 0.4) is 0 Å². The van der Waals surface area contributed by atoms with E-state index in [0.717, 1.165) is 30.5 Å². The molecule has 0 saturated carbocycles. The number of guanidine groups is 1. The van der Waals surface area contributed by atoms with Gasteiger partial charge in [-0.3, -0.25) is 9.39 Å². The summed E-state index contributed by atoms with van der Waals surface area (Å²) in [6.07, 6.45) is 6.35. The van der Waals surface area contributed by atoms with Crippen molar-refractivity contribution in [3.8, 4) is 0 Å². The van der Waals surface area contributed by atoms with E-state index in [4.69, 9.17) is 0 Å². The predicted octanol–water partition coefficient (Wildman–Crippen LogP) is 2.59. The molecule has 0 saturated heterocycles. The van der Waals surface area contributed by atoms with E-state index in [9.17, 15) is 0 Å². The molecule has 1 aliphatic rings. The lowest BCUT2D eigenvalue weighted by atomic mass is 10.2. The van der Waals surface area contributed by atoms with Crippen LogP contribution in [-0.2, 0) is 13.1 Å². The summed E-state index contributed by atoms with van der Waals surface area (Å²) in [4.78, 5) is 6.62. The Morgan fingerprint density at radius 3 is 2.50 bits per heavy atom. The molecule has 0 bridgehead atoms. The van der Waals surface area contributed by atoms with Crippen LogP contribution in [0.1, 0.15) is 11.4 Å². The average molecular weight is 489 g/mol. The summed E-state index contributed by atoms with van der Waals surface area (Å²) in [6.45, 7) is 3.24. The fraction of sp³-hybridized carbons (Fsp3) is 0.250. The van der Waals surface area contributed by atoms with Crippen molar-refractivity contribution in [3.63, 3.8) is 0 Å². The molecule has 3 aromatic rings. The van der Waals surface area contributed by atoms with Crippen molar-refractivity contribution in [3.05, 3.63) is 72.2 Å². The van der Waals surface area contributed by atoms with E-state index in [1.54, 1.807) is 7.05 Å². The Bertz CT molecular complexity index is 954. The third-order valence-electron chi connectivity index (χ3n) is 4.60. The molecule has 2 aromatic heterocycles. The lowest BCUT2D eigenvalue weighted by Crippen LogP contribution is -2.36. The lowest BCUT2D eigenvalue weighted by molar-refractivity contribution is 0.762. The number of hydrogen-bond acceptors (Lipinski definition) is 4. The number of rotatable bonds is 5. The first-order valence-electron chi connectivity index (χ1n) is 9.05. The molecule has 1 aromatic carbocycles. The maximum Gasteiger partial charge on any atom is 0.191 e. The van der Waals surface area contributed by atoms with Crippen molar-refractivity contribution in [1.82, 2.24) is 25.2 Å². The number of pyridine rings is 1. The van der Waals surface area contributed by atoms with E-state index in [1.807, 2.05) is 28.8 Å². The summed E-state index contributed by atoms with van der Waals surface area (Å²) >= 11 is 0. The van der Waals surface area contributed by atoms with Crippen LogP contribution < -0.4 is 15.5 Å². The normalized spacial score (nSPS) is 13.6. The van der Waals surface area contributed by atoms with Gasteiger partial charge in [0.1, 0.15) is 0 Å². The van der Waals surface area contributed by atoms with Crippen LogP contribution in [0.4, 0.5) is 5.69 Å². The van der Waals surface area contributed by atoms with Gasteiger partial charge in [-0.25, -0.2) is 0 Å². The lowest BCUT2D eigenvalue weighted by Gasteiger charge is -2.18. The number of anilines is 1. The molecule has 0 atom stereocenters. The van der Waals surface area contributed by atoms with Crippen molar-refractivity contribution >= 4 is 41.3 Å². The SMILES string of the molecule is CN=C(NCc1ccc(N2CC=CC2)cc1)NCc1nnc2ccccn12.I. The van der Waals surface area contributed by atoms with Gasteiger partial charge in [-0.1, -0.05) is 30.4 Å². The Balaban J connectivity index is 0.00000225. The Morgan fingerprint density at radius 2 is 1.75 bits per heavy atom. The third-order valence-corrected chi connectivity index (χ3v) is 4.60. The molecule has 0 fully saturated rings. The van der Waals surface area contributed by atoms with Gasteiger partial charge in [-0.05, 0) is 29.8 Å². The molecule has 3 heterocycles. The van der Waals surface area contributed by atoms with Crippen molar-refractivity contribution < 1.29 is 0 Å². The Labute approximate surface area is 181 Å². The first-order valence-corrected chi connectivity index (χ1v) is 9.05. The Morgan fingerprint density at radius 1 is 1.00 bits per heavy atom. The second-order valence-electron chi connectivity index (χ2n) is 6.37. The van der Waals surface area contributed by atoms with Gasteiger partial charge in [0.15, 0.2) is 17.4 Å². The largest absolute Gasteiger partial charge is 0.364 e. The number of hydrogen-bond donors (Lipinski definition) is 2. The van der Waals surface area contributed by atoms with E-state index in [0.29, 0.717) is 13.1 Å². The molecule has 8 heteroatoms. The van der Waals surface area contributed by atoms with Crippen molar-refractivity contribution in [2.24, 2.45) is 4.99 Å². The second-order valence-corrected chi connectivity index (χ2v) is 6.37. The molecular weight excluding hydrogens is 465 g/mol. The minimum atomic E-state index is 0. The summed E-state index contributed by atoms with van der Waals surface area (Å²) in [5.41, 5.74) is 3.30. The zero-order valence-corrected chi connectivity index (χ0v) is 18.1. The summed E-state index contributed by atoms with van der Waals surface area (Å²) in [5, 5.41) is 15.0. The average Bonchev–Trinajstić information content (AvgIpc) is 3.39. The van der Waals surface area contributed by atoms with E-state index in [1.165, 1.54) is 11.3 Å². The predicted molar refractivity (Wildman–Crippen MR) is 123 cm³/mol. The van der Waals surface area contributed by atoms with Gasteiger partial charge in [0.2, 0.25) is 0 Å². The van der Waals surface area contributed by atoms with Gasteiger partial charge >= 0.3 is 0 Å². The highest BCUT2D eigenvalue weighted by Crippen LogP contribution is 2.17. The highest BCUT2D eigenvalue weighted by molar-refractivity contribution is 14.0. The van der Waals surface area contributed by atoms with Gasteiger partial charge in [0.05, 0.1) is 6.54 Å². The molecule has 0 amide bonds. The highest BCUT2D eigenvalue weighted by Gasteiger charge is 2.08. The summed E-state index contributed by atoms with van der Waals surface area (Å²) in [7, 11) is 1.76. The van der Waals surface area contributed by atoms with Gasteiger partial charge in [0, 0.05) is 38.6 Å². The van der Waals surface area contributed by atoms with Gasteiger partial charge in [-0.15, -0.1) is 34.2 Å². The van der Waals surface area contributed by atoms with Crippen molar-refractivity contribution in [2.45, 2.75) is 13.1 Å². The maximum absolute atomic E-state index is 4.28. The fourth-order valence-electron chi connectivity index (χ4n) is 3.09. The number of aromatic nitrogens is 3. The number of benzene rings is 1. The monoisotopic (exact) mass is 489 g/mol. The Hall–Kier alpha value is -2.62. The zero-order valence-electron chi connectivity index (χ0n) is 15.7. The van der Waals surface area contributed by atoms with E-state index >= 15 is 0 Å². The first kappa shape index (κ1) is 20.1. The number of nitrogens with zero attached hydrogens (tertiary/aromatic N) is 5. The van der Waals surface area contributed by atoms with Crippen LogP contribution in [-0.4, -0.2) is 40.7 Å². The first-order chi connectivity index (χ1) is 13.3. The van der Waals surface area contributed by atoms with Crippen LogP contribution >= 0.6 is 24.0 Å². The molecule has 0 spiro atoms. The summed E-state index contributed by atoms with van der Waals surface area (Å²) in [5.74, 6) is 1.58. The highest BCUT2D eigenvalue weighted by atomic mass is 127. The standard InChI is InChI=1S/C20H23N7.HI/c1-21-20(23-15-19-25-24-18-6-2-3-13-27(18)19)22-14-16-7-9-17(10-8-16)26-11-4-5-12-26;/h2-10,13H,11-12,14-15H2,1H3,(H2,21,22,23);1H. The minimum Gasteiger partial charge on any atom is -0.364 e. The van der Waals surface area contributed by atoms with Crippen LogP contribution in [0.2, 0.25) is 0 Å². The number of halogens is 1. The number of aliphatic imine (C=N–C) groups is 1. The molecule has 4 rings (SSSR count). The van der Waals surface area contributed by atoms with Gasteiger partial charge < -0.3 is 15.5 Å². The smallest absolute Gasteiger partial charge is 0.191 e. The topological polar surface area (TPSA) is 69.8 Å². The Kier molecular flexibility index (Phi) is 6.85. The van der Waals surface area contributed by atoms with Gasteiger partial charge in [-0.2, -0.15) is 0 Å². The van der Waals surface area contributed by atoms with E-state index in [-0.39, 0.29) is 24.0 Å². The molecule has 0 unspecified atom stereocenters. The van der Waals surface area contributed by atoms with Crippen LogP contribution in [0.25, 0.3) is 5.65 Å². The quantitative estimate of drug-likeness (QED) is 0.250. The minimum absolute atomic E-state index is 0. The third kappa shape index (κ3) is 4.61. The van der Waals surface area contributed by atoms with Crippen LogP contribution in [0.15, 0.2) is 65.8 Å². The van der Waals surface area contributed by atoms with E-state index in [2.05, 4.69) is 67.1 Å². The molecular formula is C20H24IN7. The maximum atomic E-state index is 4.28. The van der Waals surface area contributed by atoms with Gasteiger partial charge in [0.25, 0.3) is 0 Å². The molecule has 7 nitrogen and oxygen atoms in total. The fourth-order valence-corrected chi connectivity index (χ4v) is 3.09. The molecule has 1 aliphatic heterocycles. The molecule has 28 heavy (non-hydrogen) atoms. The van der Waals surface area contributed by atoms with Crippen molar-refractivity contribution in [1.29, 1.82) is 0 Å². The number of nitrogens with one attached hydrogen (secondary N) is 2. The molecule has 0 radical (unpaired) electrons. The molecule has 0 aliphatic carbocycles. The van der Waals surface area contributed by atoms with Crippen molar-refractivity contribution in [2.75, 3.05) is 25.0 Å². The summed E-state index contributed by atoms with van der Waals surface area (Å²) < 4.78 is 1.96. The number of fused-ring (bicyclic) bond motifs is 1. The second kappa shape index (κ2) is 9.54.